The number of aryl methyl sites for hydroxylation is 1. The normalized spacial score (nSPS) is 10.2. The minimum atomic E-state index is -0.250. The molecule has 0 fully saturated rings. The van der Waals surface area contributed by atoms with Crippen LogP contribution in [-0.2, 0) is 4.79 Å². The van der Waals surface area contributed by atoms with Crippen LogP contribution in [0.1, 0.15) is 11.1 Å². The predicted octanol–water partition coefficient (Wildman–Crippen LogP) is 5.18. The van der Waals surface area contributed by atoms with Gasteiger partial charge in [0.05, 0.1) is 12.1 Å². The Morgan fingerprint density at radius 1 is 1.03 bits per heavy atom. The van der Waals surface area contributed by atoms with Gasteiger partial charge in [-0.2, -0.15) is 0 Å². The molecule has 0 saturated carbocycles. The number of rotatable bonds is 6. The van der Waals surface area contributed by atoms with E-state index in [1.165, 1.54) is 6.33 Å². The second-order valence-corrected chi connectivity index (χ2v) is 7.50. The number of carbonyl (C=O) groups is 1. The van der Waals surface area contributed by atoms with Crippen molar-refractivity contribution in [2.45, 2.75) is 6.92 Å². The summed E-state index contributed by atoms with van der Waals surface area (Å²) in [4.78, 5) is 19.9. The van der Waals surface area contributed by atoms with Crippen molar-refractivity contribution in [3.05, 3.63) is 84.2 Å². The van der Waals surface area contributed by atoms with Gasteiger partial charge in [0.25, 0.3) is 0 Å². The van der Waals surface area contributed by atoms with E-state index < -0.39 is 0 Å². The molecule has 0 aliphatic rings. The Morgan fingerprint density at radius 2 is 1.88 bits per heavy atom. The molecule has 0 radical (unpaired) electrons. The van der Waals surface area contributed by atoms with Crippen LogP contribution in [-0.4, -0.2) is 28.3 Å². The largest absolute Gasteiger partial charge is 0.457 e. The lowest BCUT2D eigenvalue weighted by atomic mass is 10.1. The Morgan fingerprint density at radius 3 is 2.67 bits per heavy atom. The van der Waals surface area contributed by atoms with Crippen LogP contribution in [0.25, 0.3) is 10.9 Å². The Hall–Kier alpha value is -4.08. The minimum absolute atomic E-state index is 0.0803. The van der Waals surface area contributed by atoms with E-state index in [4.69, 9.17) is 16.3 Å². The number of ether oxygens (including phenoxy) is 1. The van der Waals surface area contributed by atoms with E-state index in [-0.39, 0.29) is 18.3 Å². The van der Waals surface area contributed by atoms with Crippen LogP contribution >= 0.6 is 11.6 Å². The molecule has 0 aliphatic carbocycles. The zero-order valence-electron chi connectivity index (χ0n) is 17.9. The van der Waals surface area contributed by atoms with E-state index >= 15 is 0 Å². The van der Waals surface area contributed by atoms with Crippen LogP contribution in [0.15, 0.2) is 73.1 Å². The van der Waals surface area contributed by atoms with E-state index in [9.17, 15) is 4.79 Å². The third kappa shape index (κ3) is 6.00. The highest BCUT2D eigenvalue weighted by Crippen LogP contribution is 2.27. The average molecular weight is 457 g/mol. The molecule has 7 heteroatoms. The number of nitrogens with zero attached hydrogens (tertiary/aromatic N) is 2. The first-order chi connectivity index (χ1) is 16.1. The van der Waals surface area contributed by atoms with Crippen molar-refractivity contribution in [2.75, 3.05) is 17.7 Å². The lowest BCUT2D eigenvalue weighted by Gasteiger charge is -2.10. The molecule has 1 amide bonds. The topological polar surface area (TPSA) is 76.1 Å². The number of hydrogen-bond donors (Lipinski definition) is 2. The second kappa shape index (κ2) is 10.5. The van der Waals surface area contributed by atoms with E-state index in [2.05, 4.69) is 32.4 Å². The van der Waals surface area contributed by atoms with Gasteiger partial charge in [-0.3, -0.25) is 4.79 Å². The number of amides is 1. The molecule has 6 nitrogen and oxygen atoms in total. The SMILES string of the molecule is Cc1cccc(Oc2ccc(Nc3ncnc4ccc(C#CCNC(=O)CCl)cc34)cc2)c1. The number of benzene rings is 3. The maximum absolute atomic E-state index is 11.2. The van der Waals surface area contributed by atoms with Gasteiger partial charge in [0.2, 0.25) is 5.91 Å². The first-order valence-corrected chi connectivity index (χ1v) is 10.8. The van der Waals surface area contributed by atoms with Crippen LogP contribution in [0.2, 0.25) is 0 Å². The third-order valence-electron chi connectivity index (χ3n) is 4.71. The van der Waals surface area contributed by atoms with Crippen LogP contribution < -0.4 is 15.4 Å². The Bertz CT molecular complexity index is 1340. The first kappa shape index (κ1) is 22.1. The average Bonchev–Trinajstić information content (AvgIpc) is 2.83. The van der Waals surface area contributed by atoms with E-state index in [0.29, 0.717) is 5.82 Å². The zero-order valence-corrected chi connectivity index (χ0v) is 18.7. The van der Waals surface area contributed by atoms with Gasteiger partial charge in [-0.05, 0) is 67.1 Å². The summed E-state index contributed by atoms with van der Waals surface area (Å²) in [6.07, 6.45) is 1.52. The fourth-order valence-corrected chi connectivity index (χ4v) is 3.22. The quantitative estimate of drug-likeness (QED) is 0.309. The van der Waals surface area contributed by atoms with Gasteiger partial charge < -0.3 is 15.4 Å². The van der Waals surface area contributed by atoms with Crippen LogP contribution in [0, 0.1) is 18.8 Å². The third-order valence-corrected chi connectivity index (χ3v) is 4.95. The highest BCUT2D eigenvalue weighted by atomic mass is 35.5. The molecular weight excluding hydrogens is 436 g/mol. The van der Waals surface area contributed by atoms with Crippen molar-refractivity contribution in [1.82, 2.24) is 15.3 Å². The molecule has 33 heavy (non-hydrogen) atoms. The van der Waals surface area contributed by atoms with Gasteiger partial charge in [-0.1, -0.05) is 24.0 Å². The standard InChI is InChI=1S/C26H21ClN4O2/c1-18-4-2-6-22(14-18)33-21-10-8-20(9-11-21)31-26-23-15-19(5-3-13-28-25(32)16-27)7-12-24(23)29-17-30-26/h2,4,6-12,14-15,17H,13,16H2,1H3,(H,28,32)(H,29,30,31). The fraction of sp³-hybridized carbons (Fsp3) is 0.115. The van der Waals surface area contributed by atoms with Crippen LogP contribution in [0.5, 0.6) is 11.5 Å². The molecule has 0 aliphatic heterocycles. The molecule has 1 heterocycles. The summed E-state index contributed by atoms with van der Waals surface area (Å²) in [5.74, 6) is 7.84. The number of hydrogen-bond acceptors (Lipinski definition) is 5. The van der Waals surface area contributed by atoms with Gasteiger partial charge in [-0.15, -0.1) is 11.6 Å². The summed E-state index contributed by atoms with van der Waals surface area (Å²) in [5, 5.41) is 6.79. The molecule has 0 atom stereocenters. The molecule has 2 N–H and O–H groups in total. The molecule has 164 valence electrons. The maximum atomic E-state index is 11.2. The zero-order chi connectivity index (χ0) is 23.0. The van der Waals surface area contributed by atoms with Gasteiger partial charge in [0, 0.05) is 16.6 Å². The number of aromatic nitrogens is 2. The summed E-state index contributed by atoms with van der Waals surface area (Å²) in [5.41, 5.74) is 3.60. The number of nitrogens with one attached hydrogen (secondary N) is 2. The lowest BCUT2D eigenvalue weighted by Crippen LogP contribution is -2.24. The van der Waals surface area contributed by atoms with E-state index in [1.54, 1.807) is 0 Å². The Labute approximate surface area is 197 Å². The van der Waals surface area contributed by atoms with Crippen LogP contribution in [0.3, 0.4) is 0 Å². The Kier molecular flexibility index (Phi) is 7.03. The monoisotopic (exact) mass is 456 g/mol. The predicted molar refractivity (Wildman–Crippen MR) is 131 cm³/mol. The summed E-state index contributed by atoms with van der Waals surface area (Å²) < 4.78 is 5.92. The molecule has 0 unspecified atom stereocenters. The summed E-state index contributed by atoms with van der Waals surface area (Å²) >= 11 is 5.46. The molecule has 0 bridgehead atoms. The van der Waals surface area contributed by atoms with Gasteiger partial charge >= 0.3 is 0 Å². The smallest absolute Gasteiger partial charge is 0.235 e. The molecule has 1 aromatic heterocycles. The summed E-state index contributed by atoms with van der Waals surface area (Å²) in [6.45, 7) is 2.26. The van der Waals surface area contributed by atoms with Crippen molar-refractivity contribution in [3.8, 4) is 23.3 Å². The fourth-order valence-electron chi connectivity index (χ4n) is 3.13. The molecule has 4 aromatic rings. The second-order valence-electron chi connectivity index (χ2n) is 7.23. The van der Waals surface area contributed by atoms with Crippen LogP contribution in [0.4, 0.5) is 11.5 Å². The van der Waals surface area contributed by atoms with Gasteiger partial charge in [0.1, 0.15) is 29.5 Å². The number of alkyl halides is 1. The number of anilines is 2. The first-order valence-electron chi connectivity index (χ1n) is 10.3. The minimum Gasteiger partial charge on any atom is -0.457 e. The molecular formula is C26H21ClN4O2. The van der Waals surface area contributed by atoms with Gasteiger partial charge in [-0.25, -0.2) is 9.97 Å². The lowest BCUT2D eigenvalue weighted by molar-refractivity contribution is -0.118. The number of fused-ring (bicyclic) bond motifs is 1. The highest BCUT2D eigenvalue weighted by molar-refractivity contribution is 6.27. The van der Waals surface area contributed by atoms with Crippen molar-refractivity contribution in [3.63, 3.8) is 0 Å². The Balaban J connectivity index is 1.49. The van der Waals surface area contributed by atoms with Crippen molar-refractivity contribution >= 4 is 39.9 Å². The molecule has 4 rings (SSSR count). The number of carbonyl (C=O) groups excluding carboxylic acids is 1. The molecule has 3 aromatic carbocycles. The summed E-state index contributed by atoms with van der Waals surface area (Å²) in [6, 6.07) is 21.3. The van der Waals surface area contributed by atoms with E-state index in [1.807, 2.05) is 73.7 Å². The van der Waals surface area contributed by atoms with Gasteiger partial charge in [0.15, 0.2) is 0 Å². The van der Waals surface area contributed by atoms with Crippen molar-refractivity contribution in [2.24, 2.45) is 0 Å². The highest BCUT2D eigenvalue weighted by Gasteiger charge is 2.06. The molecule has 0 saturated heterocycles. The van der Waals surface area contributed by atoms with Crippen molar-refractivity contribution in [1.29, 1.82) is 0 Å². The van der Waals surface area contributed by atoms with Crippen molar-refractivity contribution < 1.29 is 9.53 Å². The summed E-state index contributed by atoms with van der Waals surface area (Å²) in [7, 11) is 0. The number of halogens is 1. The maximum Gasteiger partial charge on any atom is 0.235 e. The molecule has 0 spiro atoms. The van der Waals surface area contributed by atoms with E-state index in [0.717, 1.165) is 39.2 Å².